The highest BCUT2D eigenvalue weighted by Gasteiger charge is 2.07. The minimum absolute atomic E-state index is 0.921. The second-order valence-electron chi connectivity index (χ2n) is 3.40. The lowest BCUT2D eigenvalue weighted by Gasteiger charge is -2.16. The molecule has 0 spiro atoms. The normalized spacial score (nSPS) is 29.0. The zero-order valence-electron chi connectivity index (χ0n) is 7.47. The maximum absolute atomic E-state index is 3.26. The van der Waals surface area contributed by atoms with Gasteiger partial charge in [0.05, 0.1) is 0 Å². The molecule has 11 heavy (non-hydrogen) atoms. The van der Waals surface area contributed by atoms with Gasteiger partial charge in [-0.15, -0.1) is 0 Å². The third-order valence-electron chi connectivity index (χ3n) is 2.38. The summed E-state index contributed by atoms with van der Waals surface area (Å²) in [6.45, 7) is 1.20. The van der Waals surface area contributed by atoms with Gasteiger partial charge in [0.1, 0.15) is 0 Å². The van der Waals surface area contributed by atoms with Gasteiger partial charge in [-0.05, 0) is 51.6 Å². The van der Waals surface area contributed by atoms with E-state index in [-0.39, 0.29) is 0 Å². The van der Waals surface area contributed by atoms with Gasteiger partial charge in [0.2, 0.25) is 0 Å². The summed E-state index contributed by atoms with van der Waals surface area (Å²) in [5.74, 6) is 0.921. The van der Waals surface area contributed by atoms with Crippen LogP contribution in [0.15, 0.2) is 12.2 Å². The van der Waals surface area contributed by atoms with Gasteiger partial charge in [-0.2, -0.15) is 0 Å². The van der Waals surface area contributed by atoms with E-state index in [0.717, 1.165) is 5.92 Å². The molecule has 0 aliphatic heterocycles. The quantitative estimate of drug-likeness (QED) is 0.600. The Morgan fingerprint density at radius 2 is 2.09 bits per heavy atom. The number of nitrogens with one attached hydrogen (secondary N) is 1. The van der Waals surface area contributed by atoms with Crippen molar-refractivity contribution in [1.29, 1.82) is 0 Å². The molecule has 0 fully saturated rings. The molecule has 0 saturated heterocycles. The van der Waals surface area contributed by atoms with Crippen LogP contribution in [0.2, 0.25) is 0 Å². The first-order valence-electron chi connectivity index (χ1n) is 4.73. The highest BCUT2D eigenvalue weighted by Crippen LogP contribution is 2.17. The van der Waals surface area contributed by atoms with Crippen molar-refractivity contribution in [2.24, 2.45) is 5.92 Å². The van der Waals surface area contributed by atoms with E-state index in [1.54, 1.807) is 0 Å². The average Bonchev–Trinajstić information content (AvgIpc) is 1.94. The molecule has 0 heterocycles. The Balaban J connectivity index is 2.24. The largest absolute Gasteiger partial charge is 0.319 e. The Hall–Kier alpha value is -0.300. The first-order chi connectivity index (χ1) is 5.43. The lowest BCUT2D eigenvalue weighted by Crippen LogP contribution is -2.19. The highest BCUT2D eigenvalue weighted by molar-refractivity contribution is 4.85. The Kier molecular flexibility index (Phi) is 4.29. The average molecular weight is 153 g/mol. The molecule has 1 rings (SSSR count). The van der Waals surface area contributed by atoms with Gasteiger partial charge in [-0.3, -0.25) is 0 Å². The van der Waals surface area contributed by atoms with Crippen LogP contribution in [-0.2, 0) is 0 Å². The summed E-state index contributed by atoms with van der Waals surface area (Å²) in [6, 6.07) is 0. The summed E-state index contributed by atoms with van der Waals surface area (Å²) in [4.78, 5) is 0. The second-order valence-corrected chi connectivity index (χ2v) is 3.40. The molecule has 0 aromatic heterocycles. The molecule has 0 saturated carbocycles. The predicted octanol–water partition coefficient (Wildman–Crippen LogP) is 2.34. The fourth-order valence-corrected chi connectivity index (χ4v) is 1.73. The van der Waals surface area contributed by atoms with Gasteiger partial charge in [0.15, 0.2) is 0 Å². The molecule has 1 atom stereocenters. The van der Waals surface area contributed by atoms with Crippen LogP contribution in [0.4, 0.5) is 0 Å². The van der Waals surface area contributed by atoms with Crippen molar-refractivity contribution in [3.8, 4) is 0 Å². The van der Waals surface area contributed by atoms with E-state index >= 15 is 0 Å². The van der Waals surface area contributed by atoms with E-state index in [1.165, 1.54) is 38.6 Å². The molecule has 0 aromatic carbocycles. The smallest absolute Gasteiger partial charge is 0.00234 e. The fourth-order valence-electron chi connectivity index (χ4n) is 1.73. The maximum atomic E-state index is 3.26. The molecule has 1 aliphatic carbocycles. The summed E-state index contributed by atoms with van der Waals surface area (Å²) < 4.78 is 0. The summed E-state index contributed by atoms with van der Waals surface area (Å²) in [5, 5.41) is 3.26. The van der Waals surface area contributed by atoms with Gasteiger partial charge >= 0.3 is 0 Å². The molecular weight excluding hydrogens is 134 g/mol. The molecule has 1 heteroatoms. The predicted molar refractivity (Wildman–Crippen MR) is 49.6 cm³/mol. The lowest BCUT2D eigenvalue weighted by atomic mass is 9.94. The van der Waals surface area contributed by atoms with Crippen LogP contribution in [0.25, 0.3) is 0 Å². The molecular formula is C10H19N. The SMILES string of the molecule is CNCC1CC/C=C\CCC1. The molecule has 1 unspecified atom stereocenters. The fraction of sp³-hybridized carbons (Fsp3) is 0.800. The maximum Gasteiger partial charge on any atom is -0.00234 e. The van der Waals surface area contributed by atoms with E-state index in [2.05, 4.69) is 24.5 Å². The Bertz CT molecular complexity index is 118. The van der Waals surface area contributed by atoms with Gasteiger partial charge in [0, 0.05) is 0 Å². The third kappa shape index (κ3) is 3.57. The monoisotopic (exact) mass is 153 g/mol. The number of allylic oxidation sites excluding steroid dienone is 2. The van der Waals surface area contributed by atoms with E-state index in [4.69, 9.17) is 0 Å². The van der Waals surface area contributed by atoms with Crippen LogP contribution < -0.4 is 5.32 Å². The zero-order valence-corrected chi connectivity index (χ0v) is 7.47. The molecule has 0 aromatic rings. The van der Waals surface area contributed by atoms with Crippen LogP contribution in [0, 0.1) is 5.92 Å². The minimum Gasteiger partial charge on any atom is -0.319 e. The van der Waals surface area contributed by atoms with Crippen LogP contribution in [-0.4, -0.2) is 13.6 Å². The van der Waals surface area contributed by atoms with Crippen LogP contribution in [0.3, 0.4) is 0 Å². The summed E-state index contributed by atoms with van der Waals surface area (Å²) in [7, 11) is 2.05. The van der Waals surface area contributed by atoms with Crippen molar-refractivity contribution in [3.05, 3.63) is 12.2 Å². The molecule has 0 amide bonds. The van der Waals surface area contributed by atoms with E-state index in [9.17, 15) is 0 Å². The summed E-state index contributed by atoms with van der Waals surface area (Å²) in [6.07, 6.45) is 11.4. The topological polar surface area (TPSA) is 12.0 Å². The van der Waals surface area contributed by atoms with Crippen LogP contribution in [0.5, 0.6) is 0 Å². The molecule has 0 bridgehead atoms. The van der Waals surface area contributed by atoms with Crippen molar-refractivity contribution in [1.82, 2.24) is 5.32 Å². The van der Waals surface area contributed by atoms with E-state index in [1.807, 2.05) is 0 Å². The Morgan fingerprint density at radius 1 is 1.27 bits per heavy atom. The van der Waals surface area contributed by atoms with Gasteiger partial charge < -0.3 is 5.32 Å². The van der Waals surface area contributed by atoms with Crippen molar-refractivity contribution in [3.63, 3.8) is 0 Å². The number of rotatable bonds is 2. The molecule has 0 radical (unpaired) electrons. The van der Waals surface area contributed by atoms with Gasteiger partial charge in [-0.1, -0.05) is 12.2 Å². The first-order valence-corrected chi connectivity index (χ1v) is 4.73. The van der Waals surface area contributed by atoms with Crippen molar-refractivity contribution in [2.45, 2.75) is 32.1 Å². The van der Waals surface area contributed by atoms with Crippen LogP contribution in [0.1, 0.15) is 32.1 Å². The standard InChI is InChI=1S/C10H19N/c1-11-9-10-7-5-3-2-4-6-8-10/h2-3,10-11H,4-9H2,1H3/b3-2-. The van der Waals surface area contributed by atoms with Gasteiger partial charge in [0.25, 0.3) is 0 Å². The molecule has 1 aliphatic rings. The zero-order chi connectivity index (χ0) is 7.94. The summed E-state index contributed by atoms with van der Waals surface area (Å²) in [5.41, 5.74) is 0. The molecule has 1 nitrogen and oxygen atoms in total. The molecule has 64 valence electrons. The van der Waals surface area contributed by atoms with Gasteiger partial charge in [-0.25, -0.2) is 0 Å². The first kappa shape index (κ1) is 8.79. The van der Waals surface area contributed by atoms with E-state index in [0.29, 0.717) is 0 Å². The minimum atomic E-state index is 0.921. The lowest BCUT2D eigenvalue weighted by molar-refractivity contribution is 0.420. The molecule has 1 N–H and O–H groups in total. The third-order valence-corrected chi connectivity index (χ3v) is 2.38. The van der Waals surface area contributed by atoms with Crippen molar-refractivity contribution < 1.29 is 0 Å². The summed E-state index contributed by atoms with van der Waals surface area (Å²) >= 11 is 0. The van der Waals surface area contributed by atoms with Crippen LogP contribution >= 0.6 is 0 Å². The number of hydrogen-bond donors (Lipinski definition) is 1. The second kappa shape index (κ2) is 5.36. The van der Waals surface area contributed by atoms with Crippen molar-refractivity contribution >= 4 is 0 Å². The number of hydrogen-bond acceptors (Lipinski definition) is 1. The van der Waals surface area contributed by atoms with Crippen molar-refractivity contribution in [2.75, 3.05) is 13.6 Å². The van der Waals surface area contributed by atoms with E-state index < -0.39 is 0 Å². The Labute approximate surface area is 69.9 Å². The highest BCUT2D eigenvalue weighted by atomic mass is 14.8. The Morgan fingerprint density at radius 3 is 2.91 bits per heavy atom.